The molecule has 0 N–H and O–H groups in total. The van der Waals surface area contributed by atoms with Gasteiger partial charge >= 0.3 is 0 Å². The molecular formula is C18H16N8O2S. The second kappa shape index (κ2) is 7.43. The minimum Gasteiger partial charge on any atom is -0.431 e. The zero-order valence-electron chi connectivity index (χ0n) is 15.2. The Balaban J connectivity index is 1.16. The van der Waals surface area contributed by atoms with Gasteiger partial charge in [-0.1, -0.05) is 16.6 Å². The summed E-state index contributed by atoms with van der Waals surface area (Å²) in [6.07, 6.45) is 6.81. The molecule has 1 aliphatic heterocycles. The first kappa shape index (κ1) is 17.5. The number of hydrogen-bond donors (Lipinski definition) is 0. The van der Waals surface area contributed by atoms with Crippen LogP contribution in [0.1, 0.15) is 22.1 Å². The van der Waals surface area contributed by atoms with Gasteiger partial charge in [-0.15, -0.1) is 5.10 Å². The second-order valence-electron chi connectivity index (χ2n) is 6.54. The van der Waals surface area contributed by atoms with Gasteiger partial charge in [0.2, 0.25) is 0 Å². The molecule has 0 unspecified atom stereocenters. The van der Waals surface area contributed by atoms with Crippen molar-refractivity contribution in [1.82, 2.24) is 39.9 Å². The van der Waals surface area contributed by atoms with Crippen LogP contribution in [0.4, 0.5) is 0 Å². The number of nitrogens with zero attached hydrogens (tertiary/aromatic N) is 8. The van der Waals surface area contributed by atoms with E-state index in [2.05, 4.69) is 25.5 Å². The van der Waals surface area contributed by atoms with E-state index in [1.807, 2.05) is 11.6 Å². The first-order valence-corrected chi connectivity index (χ1v) is 9.84. The molecule has 0 radical (unpaired) electrons. The summed E-state index contributed by atoms with van der Waals surface area (Å²) >= 11 is 1.42. The summed E-state index contributed by atoms with van der Waals surface area (Å²) in [5.41, 5.74) is 1.40. The van der Waals surface area contributed by atoms with Crippen LogP contribution in [0.2, 0.25) is 0 Å². The van der Waals surface area contributed by atoms with Crippen molar-refractivity contribution in [2.24, 2.45) is 0 Å². The number of carbonyl (C=O) groups excluding carboxylic acids is 1. The summed E-state index contributed by atoms with van der Waals surface area (Å²) in [5, 5.41) is 18.9. The molecule has 11 heteroatoms. The average molecular weight is 408 g/mol. The van der Waals surface area contributed by atoms with E-state index in [1.54, 1.807) is 57.2 Å². The molecule has 1 fully saturated rings. The topological polar surface area (TPSA) is 104 Å². The van der Waals surface area contributed by atoms with Crippen molar-refractivity contribution >= 4 is 17.2 Å². The fourth-order valence-electron chi connectivity index (χ4n) is 3.03. The summed E-state index contributed by atoms with van der Waals surface area (Å²) in [4.78, 5) is 20.1. The van der Waals surface area contributed by atoms with E-state index in [4.69, 9.17) is 4.74 Å². The number of amides is 1. The van der Waals surface area contributed by atoms with E-state index in [0.29, 0.717) is 36.1 Å². The lowest BCUT2D eigenvalue weighted by Crippen LogP contribution is -2.50. The third kappa shape index (κ3) is 3.72. The first-order valence-electron chi connectivity index (χ1n) is 8.96. The van der Waals surface area contributed by atoms with Gasteiger partial charge in [-0.3, -0.25) is 4.79 Å². The highest BCUT2D eigenvalue weighted by Gasteiger charge is 2.33. The molecule has 0 saturated carbocycles. The van der Waals surface area contributed by atoms with Gasteiger partial charge in [-0.05, 0) is 24.3 Å². The minimum atomic E-state index is -0.0110. The van der Waals surface area contributed by atoms with Crippen LogP contribution < -0.4 is 4.74 Å². The number of aromatic nitrogens is 7. The summed E-state index contributed by atoms with van der Waals surface area (Å²) in [7, 11) is 0. The Hall–Kier alpha value is -3.60. The van der Waals surface area contributed by atoms with Crippen molar-refractivity contribution in [3.63, 3.8) is 0 Å². The van der Waals surface area contributed by atoms with Crippen LogP contribution in [-0.2, 0) is 6.54 Å². The van der Waals surface area contributed by atoms with Crippen LogP contribution in [0.3, 0.4) is 0 Å². The first-order chi connectivity index (χ1) is 14.2. The highest BCUT2D eigenvalue weighted by Crippen LogP contribution is 2.26. The van der Waals surface area contributed by atoms with Gasteiger partial charge in [0.1, 0.15) is 18.0 Å². The largest absolute Gasteiger partial charge is 0.431 e. The van der Waals surface area contributed by atoms with Crippen molar-refractivity contribution in [3.05, 3.63) is 65.7 Å². The van der Waals surface area contributed by atoms with E-state index < -0.39 is 0 Å². The molecule has 3 aromatic heterocycles. The fraction of sp³-hybridized carbons (Fsp3) is 0.222. The van der Waals surface area contributed by atoms with Crippen LogP contribution in [0.25, 0.3) is 0 Å². The van der Waals surface area contributed by atoms with E-state index in [0.717, 1.165) is 5.69 Å². The number of benzene rings is 1. The van der Waals surface area contributed by atoms with Crippen molar-refractivity contribution < 1.29 is 9.53 Å². The van der Waals surface area contributed by atoms with Crippen molar-refractivity contribution in [1.29, 1.82) is 0 Å². The van der Waals surface area contributed by atoms with Gasteiger partial charge in [-0.2, -0.15) is 15.0 Å². The predicted molar refractivity (Wildman–Crippen MR) is 103 cm³/mol. The molecule has 29 heavy (non-hydrogen) atoms. The van der Waals surface area contributed by atoms with Crippen molar-refractivity contribution in [2.45, 2.75) is 12.6 Å². The third-order valence-corrected chi connectivity index (χ3v) is 5.22. The van der Waals surface area contributed by atoms with E-state index >= 15 is 0 Å². The lowest BCUT2D eigenvalue weighted by atomic mass is 10.1. The van der Waals surface area contributed by atoms with Gasteiger partial charge < -0.3 is 9.64 Å². The molecule has 0 spiro atoms. The van der Waals surface area contributed by atoms with E-state index in [-0.39, 0.29) is 11.9 Å². The van der Waals surface area contributed by atoms with Gasteiger partial charge in [0.25, 0.3) is 11.1 Å². The number of thiazole rings is 1. The Bertz CT molecular complexity index is 1090. The third-order valence-electron chi connectivity index (χ3n) is 4.57. The van der Waals surface area contributed by atoms with Crippen LogP contribution in [0.15, 0.2) is 54.4 Å². The molecule has 146 valence electrons. The predicted octanol–water partition coefficient (Wildman–Crippen LogP) is 1.86. The Morgan fingerprint density at radius 1 is 1.14 bits per heavy atom. The number of carbonyl (C=O) groups is 1. The van der Waals surface area contributed by atoms with Crippen LogP contribution >= 0.6 is 11.3 Å². The lowest BCUT2D eigenvalue weighted by molar-refractivity contribution is 0.0498. The Kier molecular flexibility index (Phi) is 4.48. The molecule has 10 nitrogen and oxygen atoms in total. The monoisotopic (exact) mass is 408 g/mol. The molecule has 1 aliphatic rings. The molecule has 1 amide bonds. The second-order valence-corrected chi connectivity index (χ2v) is 7.39. The zero-order chi connectivity index (χ0) is 19.6. The summed E-state index contributed by atoms with van der Waals surface area (Å²) in [6.45, 7) is 1.66. The van der Waals surface area contributed by atoms with Crippen LogP contribution in [0, 0.1) is 0 Å². The standard InChI is InChI=1S/C18H16N8O2S/c27-17(13-1-3-16(4-2-13)28-18-19-7-8-29-18)24-11-15(12-24)25-9-14(22-23-25)10-26-20-5-6-21-26/h1-9,15H,10-12H2. The molecule has 0 atom stereocenters. The van der Waals surface area contributed by atoms with Gasteiger partial charge in [0.05, 0.1) is 24.6 Å². The summed E-state index contributed by atoms with van der Waals surface area (Å²) in [5.74, 6) is 0.642. The maximum absolute atomic E-state index is 12.7. The maximum atomic E-state index is 12.7. The van der Waals surface area contributed by atoms with E-state index in [1.165, 1.54) is 11.3 Å². The van der Waals surface area contributed by atoms with Crippen LogP contribution in [0.5, 0.6) is 10.9 Å². The summed E-state index contributed by atoms with van der Waals surface area (Å²) in [6, 6.07) is 7.21. The van der Waals surface area contributed by atoms with Gasteiger partial charge in [0, 0.05) is 30.2 Å². The van der Waals surface area contributed by atoms with Gasteiger partial charge in [-0.25, -0.2) is 9.67 Å². The molecule has 1 saturated heterocycles. The molecule has 5 rings (SSSR count). The number of likely N-dealkylation sites (tertiary alicyclic amines) is 1. The molecular weight excluding hydrogens is 392 g/mol. The van der Waals surface area contributed by atoms with Crippen LogP contribution in [-0.4, -0.2) is 58.9 Å². The molecule has 1 aromatic carbocycles. The highest BCUT2D eigenvalue weighted by atomic mass is 32.1. The molecule has 4 aromatic rings. The number of ether oxygens (including phenoxy) is 1. The summed E-state index contributed by atoms with van der Waals surface area (Å²) < 4.78 is 7.42. The maximum Gasteiger partial charge on any atom is 0.278 e. The minimum absolute atomic E-state index is 0.0110. The molecule has 0 aliphatic carbocycles. The van der Waals surface area contributed by atoms with Gasteiger partial charge in [0.15, 0.2) is 0 Å². The van der Waals surface area contributed by atoms with Crippen molar-refractivity contribution in [3.8, 4) is 10.9 Å². The Morgan fingerprint density at radius 3 is 2.66 bits per heavy atom. The van der Waals surface area contributed by atoms with E-state index in [9.17, 15) is 4.79 Å². The van der Waals surface area contributed by atoms with Crippen molar-refractivity contribution in [2.75, 3.05) is 13.1 Å². The quantitative estimate of drug-likeness (QED) is 0.480. The lowest BCUT2D eigenvalue weighted by Gasteiger charge is -2.38. The molecule has 0 bridgehead atoms. The SMILES string of the molecule is O=C(c1ccc(Oc2nccs2)cc1)N1CC(n2cc(Cn3nccn3)nn2)C1. The normalized spacial score (nSPS) is 14.0. The Morgan fingerprint density at radius 2 is 1.93 bits per heavy atom. The molecule has 4 heterocycles. The zero-order valence-corrected chi connectivity index (χ0v) is 16.0. The number of rotatable bonds is 6. The number of hydrogen-bond acceptors (Lipinski definition) is 8. The smallest absolute Gasteiger partial charge is 0.278 e. The fourth-order valence-corrected chi connectivity index (χ4v) is 3.54. The highest BCUT2D eigenvalue weighted by molar-refractivity contribution is 7.11. The average Bonchev–Trinajstić information content (AvgIpc) is 3.45. The Labute approximate surface area is 169 Å².